The smallest absolute Gasteiger partial charge is 0.0480 e. The molecule has 0 aromatic heterocycles. The quantitative estimate of drug-likeness (QED) is 0.840. The van der Waals surface area contributed by atoms with Crippen LogP contribution in [-0.2, 0) is 11.2 Å². The van der Waals surface area contributed by atoms with Crippen LogP contribution in [0.4, 0.5) is 0 Å². The van der Waals surface area contributed by atoms with E-state index in [9.17, 15) is 0 Å². The Morgan fingerprint density at radius 1 is 1.39 bits per heavy atom. The highest BCUT2D eigenvalue weighted by molar-refractivity contribution is 7.80. The fourth-order valence-electron chi connectivity index (χ4n) is 2.62. The molecule has 0 amide bonds. The first-order chi connectivity index (χ1) is 8.66. The Bertz CT molecular complexity index is 377. The first-order valence-electron chi connectivity index (χ1n) is 6.74. The Morgan fingerprint density at radius 2 is 2.11 bits per heavy atom. The highest BCUT2D eigenvalue weighted by Crippen LogP contribution is 2.18. The minimum Gasteiger partial charge on any atom is -0.381 e. The van der Waals surface area contributed by atoms with Gasteiger partial charge in [0.2, 0.25) is 0 Å². The van der Waals surface area contributed by atoms with Crippen LogP contribution in [0.15, 0.2) is 29.2 Å². The van der Waals surface area contributed by atoms with Crippen molar-refractivity contribution in [3.05, 3.63) is 29.8 Å². The molecule has 0 spiro atoms. The fourth-order valence-corrected chi connectivity index (χ4v) is 2.87. The van der Waals surface area contributed by atoms with Gasteiger partial charge in [-0.3, -0.25) is 0 Å². The lowest BCUT2D eigenvalue weighted by molar-refractivity contribution is 0.0312. The van der Waals surface area contributed by atoms with Gasteiger partial charge in [0.1, 0.15) is 0 Å². The number of nitrogens with zero attached hydrogens (tertiary/aromatic N) is 1. The summed E-state index contributed by atoms with van der Waals surface area (Å²) in [7, 11) is 2.24. The predicted molar refractivity (Wildman–Crippen MR) is 78.5 cm³/mol. The Kier molecular flexibility index (Phi) is 5.10. The molecule has 0 radical (unpaired) electrons. The van der Waals surface area contributed by atoms with E-state index < -0.39 is 0 Å². The van der Waals surface area contributed by atoms with Crippen LogP contribution in [0.1, 0.15) is 25.3 Å². The molecule has 100 valence electrons. The Labute approximate surface area is 116 Å². The van der Waals surface area contributed by atoms with E-state index in [0.29, 0.717) is 12.1 Å². The highest BCUT2D eigenvalue weighted by Gasteiger charge is 2.22. The predicted octanol–water partition coefficient (Wildman–Crippen LogP) is 3.02. The molecule has 1 aliphatic heterocycles. The van der Waals surface area contributed by atoms with E-state index >= 15 is 0 Å². The number of thiol groups is 1. The molecule has 2 nitrogen and oxygen atoms in total. The van der Waals surface area contributed by atoms with Gasteiger partial charge in [-0.25, -0.2) is 0 Å². The van der Waals surface area contributed by atoms with E-state index in [1.165, 1.54) is 5.56 Å². The van der Waals surface area contributed by atoms with Crippen LogP contribution in [0.5, 0.6) is 0 Å². The lowest BCUT2D eigenvalue weighted by Crippen LogP contribution is -2.42. The van der Waals surface area contributed by atoms with Crippen LogP contribution < -0.4 is 0 Å². The van der Waals surface area contributed by atoms with E-state index in [-0.39, 0.29) is 0 Å². The molecule has 1 fully saturated rings. The number of benzene rings is 1. The minimum atomic E-state index is 0.559. The molecule has 18 heavy (non-hydrogen) atoms. The maximum Gasteiger partial charge on any atom is 0.0480 e. The van der Waals surface area contributed by atoms with Gasteiger partial charge in [-0.15, -0.1) is 12.6 Å². The second kappa shape index (κ2) is 6.60. The van der Waals surface area contributed by atoms with Crippen molar-refractivity contribution in [3.8, 4) is 0 Å². The summed E-state index contributed by atoms with van der Waals surface area (Å²) in [5, 5.41) is 0. The number of likely N-dealkylation sites (N-methyl/N-ethyl adjacent to an activating group) is 1. The van der Waals surface area contributed by atoms with E-state index in [4.69, 9.17) is 4.74 Å². The zero-order valence-electron chi connectivity index (χ0n) is 11.3. The van der Waals surface area contributed by atoms with Gasteiger partial charge in [0, 0.05) is 30.2 Å². The number of hydrogen-bond donors (Lipinski definition) is 1. The molecule has 0 aliphatic carbocycles. The van der Waals surface area contributed by atoms with Crippen molar-refractivity contribution in [2.24, 2.45) is 0 Å². The molecular formula is C15H23NOS. The standard InChI is InChI=1S/C15H23NOS/c1-12(10-13-4-3-5-15(18)11-13)16(2)14-6-8-17-9-7-14/h3-5,11-12,14,18H,6-10H2,1-2H3. The van der Waals surface area contributed by atoms with Crippen molar-refractivity contribution in [2.45, 2.75) is 43.2 Å². The van der Waals surface area contributed by atoms with Crippen molar-refractivity contribution < 1.29 is 4.74 Å². The van der Waals surface area contributed by atoms with Gasteiger partial charge in [-0.1, -0.05) is 12.1 Å². The van der Waals surface area contributed by atoms with Crippen LogP contribution in [0.25, 0.3) is 0 Å². The van der Waals surface area contributed by atoms with E-state index in [2.05, 4.69) is 49.7 Å². The summed E-state index contributed by atoms with van der Waals surface area (Å²) in [6.45, 7) is 4.13. The first-order valence-corrected chi connectivity index (χ1v) is 7.19. The van der Waals surface area contributed by atoms with Gasteiger partial charge < -0.3 is 9.64 Å². The van der Waals surface area contributed by atoms with Crippen LogP contribution >= 0.6 is 12.6 Å². The Morgan fingerprint density at radius 3 is 2.78 bits per heavy atom. The topological polar surface area (TPSA) is 12.5 Å². The monoisotopic (exact) mass is 265 g/mol. The summed E-state index contributed by atoms with van der Waals surface area (Å²) in [4.78, 5) is 3.56. The van der Waals surface area contributed by atoms with Gasteiger partial charge in [0.15, 0.2) is 0 Å². The molecule has 3 heteroatoms. The highest BCUT2D eigenvalue weighted by atomic mass is 32.1. The fraction of sp³-hybridized carbons (Fsp3) is 0.600. The third kappa shape index (κ3) is 3.74. The Hall–Kier alpha value is -0.510. The normalized spacial score (nSPS) is 19.1. The third-order valence-corrected chi connectivity index (χ3v) is 4.18. The van der Waals surface area contributed by atoms with Crippen molar-refractivity contribution in [3.63, 3.8) is 0 Å². The summed E-state index contributed by atoms with van der Waals surface area (Å²) in [6.07, 6.45) is 3.41. The van der Waals surface area contributed by atoms with Crippen LogP contribution in [0.3, 0.4) is 0 Å². The van der Waals surface area contributed by atoms with Crippen molar-refractivity contribution in [1.29, 1.82) is 0 Å². The lowest BCUT2D eigenvalue weighted by Gasteiger charge is -2.35. The SMILES string of the molecule is CC(Cc1cccc(S)c1)N(C)C1CCOCC1. The molecule has 1 heterocycles. The number of ether oxygens (including phenoxy) is 1. The van der Waals surface area contributed by atoms with Gasteiger partial charge in [-0.2, -0.15) is 0 Å². The molecule has 1 saturated heterocycles. The zero-order chi connectivity index (χ0) is 13.0. The molecular weight excluding hydrogens is 242 g/mol. The van der Waals surface area contributed by atoms with E-state index in [0.717, 1.165) is 37.4 Å². The van der Waals surface area contributed by atoms with Crippen molar-refractivity contribution >= 4 is 12.6 Å². The number of hydrogen-bond acceptors (Lipinski definition) is 3. The average Bonchev–Trinajstić information content (AvgIpc) is 2.39. The summed E-state index contributed by atoms with van der Waals surface area (Å²) < 4.78 is 5.43. The molecule has 0 N–H and O–H groups in total. The summed E-state index contributed by atoms with van der Waals surface area (Å²) in [5.41, 5.74) is 1.37. The molecule has 2 rings (SSSR count). The molecule has 1 aromatic rings. The first kappa shape index (κ1) is 13.9. The molecule has 1 aromatic carbocycles. The second-order valence-corrected chi connectivity index (χ2v) is 5.75. The molecule has 0 saturated carbocycles. The maximum absolute atomic E-state index is 5.43. The Balaban J connectivity index is 1.92. The largest absolute Gasteiger partial charge is 0.381 e. The van der Waals surface area contributed by atoms with Gasteiger partial charge in [0.05, 0.1) is 0 Å². The van der Waals surface area contributed by atoms with Crippen molar-refractivity contribution in [1.82, 2.24) is 4.90 Å². The second-order valence-electron chi connectivity index (χ2n) is 5.23. The van der Waals surface area contributed by atoms with Gasteiger partial charge in [-0.05, 0) is 50.9 Å². The summed E-state index contributed by atoms with van der Waals surface area (Å²) in [6, 6.07) is 9.69. The maximum atomic E-state index is 5.43. The van der Waals surface area contributed by atoms with Gasteiger partial charge in [0.25, 0.3) is 0 Å². The molecule has 1 unspecified atom stereocenters. The van der Waals surface area contributed by atoms with Gasteiger partial charge >= 0.3 is 0 Å². The van der Waals surface area contributed by atoms with Crippen LogP contribution in [0, 0.1) is 0 Å². The van der Waals surface area contributed by atoms with E-state index in [1.54, 1.807) is 0 Å². The molecule has 1 atom stereocenters. The zero-order valence-corrected chi connectivity index (χ0v) is 12.2. The molecule has 1 aliphatic rings. The summed E-state index contributed by atoms with van der Waals surface area (Å²) >= 11 is 4.40. The van der Waals surface area contributed by atoms with Crippen molar-refractivity contribution in [2.75, 3.05) is 20.3 Å². The third-order valence-electron chi connectivity index (χ3n) is 3.90. The van der Waals surface area contributed by atoms with Crippen LogP contribution in [0.2, 0.25) is 0 Å². The van der Waals surface area contributed by atoms with Crippen LogP contribution in [-0.4, -0.2) is 37.2 Å². The number of rotatable bonds is 4. The summed E-state index contributed by atoms with van der Waals surface area (Å²) in [5.74, 6) is 0. The minimum absolute atomic E-state index is 0.559. The average molecular weight is 265 g/mol. The lowest BCUT2D eigenvalue weighted by atomic mass is 10.0. The molecule has 0 bridgehead atoms. The van der Waals surface area contributed by atoms with E-state index in [1.807, 2.05) is 6.07 Å².